The molecule has 0 amide bonds. The highest BCUT2D eigenvalue weighted by Crippen LogP contribution is 2.21. The van der Waals surface area contributed by atoms with E-state index in [1.807, 2.05) is 6.26 Å². The summed E-state index contributed by atoms with van der Waals surface area (Å²) in [6.07, 6.45) is 3.44. The summed E-state index contributed by atoms with van der Waals surface area (Å²) in [7, 11) is 0. The smallest absolute Gasteiger partial charge is 0.346 e. The van der Waals surface area contributed by atoms with Gasteiger partial charge in [0.1, 0.15) is 16.6 Å². The van der Waals surface area contributed by atoms with Gasteiger partial charge in [-0.1, -0.05) is 0 Å². The molecule has 0 aliphatic rings. The molecule has 1 heterocycles. The van der Waals surface area contributed by atoms with Crippen molar-refractivity contribution in [2.75, 3.05) is 6.26 Å². The van der Waals surface area contributed by atoms with Crippen molar-refractivity contribution in [3.8, 4) is 5.75 Å². The third-order valence-corrected chi connectivity index (χ3v) is 4.33. The summed E-state index contributed by atoms with van der Waals surface area (Å²) in [6.45, 7) is 0. The lowest BCUT2D eigenvalue weighted by Crippen LogP contribution is -2.10. The Morgan fingerprint density at radius 2 is 1.58 bits per heavy atom. The van der Waals surface area contributed by atoms with Gasteiger partial charge in [0.05, 0.1) is 5.56 Å². The molecule has 0 bridgehead atoms. The summed E-state index contributed by atoms with van der Waals surface area (Å²) in [6, 6.07) is 14.9. The topological polar surface area (TPSA) is 56.3 Å². The molecule has 0 radical (unpaired) electrons. The van der Waals surface area contributed by atoms with Crippen LogP contribution in [-0.4, -0.2) is 23.0 Å². The normalized spacial score (nSPS) is 10.4. The third-order valence-electron chi connectivity index (χ3n) is 3.62. The van der Waals surface area contributed by atoms with E-state index < -0.39 is 11.8 Å². The van der Waals surface area contributed by atoms with Gasteiger partial charge >= 0.3 is 5.97 Å². The molecule has 130 valence electrons. The van der Waals surface area contributed by atoms with Gasteiger partial charge in [0, 0.05) is 17.3 Å². The van der Waals surface area contributed by atoms with Crippen LogP contribution in [0.1, 0.15) is 26.3 Å². The molecule has 1 aromatic heterocycles. The van der Waals surface area contributed by atoms with Gasteiger partial charge in [-0.3, -0.25) is 4.79 Å². The molecule has 0 fully saturated rings. The van der Waals surface area contributed by atoms with Crippen molar-refractivity contribution in [2.24, 2.45) is 0 Å². The molecule has 0 N–H and O–H groups in total. The van der Waals surface area contributed by atoms with Crippen LogP contribution >= 0.6 is 11.8 Å². The van der Waals surface area contributed by atoms with E-state index in [1.165, 1.54) is 36.0 Å². The van der Waals surface area contributed by atoms with Crippen molar-refractivity contribution in [3.63, 3.8) is 0 Å². The van der Waals surface area contributed by atoms with Crippen LogP contribution in [0.15, 0.2) is 71.9 Å². The van der Waals surface area contributed by atoms with Gasteiger partial charge in [-0.05, 0) is 66.9 Å². The summed E-state index contributed by atoms with van der Waals surface area (Å²) in [5.74, 6) is -0.828. The molecule has 2 aromatic carbocycles. The number of ether oxygens (including phenoxy) is 1. The molecule has 0 saturated heterocycles. The number of carbonyl (C=O) groups excluding carboxylic acids is 2. The number of hydrogen-bond acceptors (Lipinski definition) is 5. The van der Waals surface area contributed by atoms with Gasteiger partial charge in [-0.15, -0.1) is 11.8 Å². The molecule has 0 spiro atoms. The lowest BCUT2D eigenvalue weighted by molar-refractivity contribution is 0.0730. The van der Waals surface area contributed by atoms with Crippen molar-refractivity contribution in [1.29, 1.82) is 0 Å². The van der Waals surface area contributed by atoms with E-state index >= 15 is 0 Å². The lowest BCUT2D eigenvalue weighted by atomic mass is 10.0. The second-order valence-corrected chi connectivity index (χ2v) is 6.11. The summed E-state index contributed by atoms with van der Waals surface area (Å²) in [5.41, 5.74) is 1.19. The molecule has 3 rings (SSSR count). The second kappa shape index (κ2) is 7.93. The maximum atomic E-state index is 13.0. The average molecular weight is 367 g/mol. The molecule has 0 unspecified atom stereocenters. The summed E-state index contributed by atoms with van der Waals surface area (Å²) < 4.78 is 18.3. The summed E-state index contributed by atoms with van der Waals surface area (Å²) in [4.78, 5) is 28.8. The van der Waals surface area contributed by atoms with Crippen LogP contribution in [0.2, 0.25) is 0 Å². The third kappa shape index (κ3) is 3.97. The number of carbonyl (C=O) groups is 2. The maximum Gasteiger partial charge on any atom is 0.346 e. The number of pyridine rings is 1. The first-order valence-electron chi connectivity index (χ1n) is 7.70. The van der Waals surface area contributed by atoms with E-state index in [2.05, 4.69) is 4.98 Å². The fourth-order valence-electron chi connectivity index (χ4n) is 2.31. The van der Waals surface area contributed by atoms with Gasteiger partial charge < -0.3 is 4.74 Å². The number of halogens is 1. The van der Waals surface area contributed by atoms with Crippen LogP contribution in [-0.2, 0) is 0 Å². The average Bonchev–Trinajstić information content (AvgIpc) is 2.68. The van der Waals surface area contributed by atoms with Crippen LogP contribution in [0.5, 0.6) is 5.75 Å². The van der Waals surface area contributed by atoms with E-state index in [0.29, 0.717) is 27.5 Å². The SMILES string of the molecule is CSc1ncccc1C(=O)Oc1ccc(C(=O)c2ccc(F)cc2)cc1. The highest BCUT2D eigenvalue weighted by Gasteiger charge is 2.15. The maximum absolute atomic E-state index is 13.0. The Hall–Kier alpha value is -2.99. The zero-order valence-electron chi connectivity index (χ0n) is 13.8. The van der Waals surface area contributed by atoms with Gasteiger partial charge in [-0.25, -0.2) is 14.2 Å². The predicted octanol–water partition coefficient (Wildman–Crippen LogP) is 4.39. The first-order chi connectivity index (χ1) is 12.6. The van der Waals surface area contributed by atoms with Crippen molar-refractivity contribution >= 4 is 23.5 Å². The first-order valence-corrected chi connectivity index (χ1v) is 8.92. The van der Waals surface area contributed by atoms with E-state index in [4.69, 9.17) is 4.74 Å². The number of esters is 1. The Morgan fingerprint density at radius 1 is 0.962 bits per heavy atom. The quantitative estimate of drug-likeness (QED) is 0.290. The molecule has 6 heteroatoms. The first kappa shape index (κ1) is 17.8. The van der Waals surface area contributed by atoms with Crippen molar-refractivity contribution in [2.45, 2.75) is 5.03 Å². The Kier molecular flexibility index (Phi) is 5.43. The van der Waals surface area contributed by atoms with Crippen LogP contribution < -0.4 is 4.74 Å². The molecule has 4 nitrogen and oxygen atoms in total. The molecule has 0 aliphatic heterocycles. The Bertz CT molecular complexity index is 940. The number of hydrogen-bond donors (Lipinski definition) is 0. The number of thioether (sulfide) groups is 1. The highest BCUT2D eigenvalue weighted by atomic mass is 32.2. The molecule has 0 saturated carbocycles. The monoisotopic (exact) mass is 367 g/mol. The summed E-state index contributed by atoms with van der Waals surface area (Å²) >= 11 is 1.36. The van der Waals surface area contributed by atoms with Crippen molar-refractivity contribution < 1.29 is 18.7 Å². The number of nitrogens with zero attached hydrogens (tertiary/aromatic N) is 1. The molecular weight excluding hydrogens is 353 g/mol. The van der Waals surface area contributed by atoms with Gasteiger partial charge in [0.2, 0.25) is 0 Å². The van der Waals surface area contributed by atoms with Crippen molar-refractivity contribution in [1.82, 2.24) is 4.98 Å². The number of aromatic nitrogens is 1. The number of benzene rings is 2. The van der Waals surface area contributed by atoms with Crippen LogP contribution in [0.25, 0.3) is 0 Å². The predicted molar refractivity (Wildman–Crippen MR) is 97.3 cm³/mol. The molecule has 0 aliphatic carbocycles. The largest absolute Gasteiger partial charge is 0.423 e. The highest BCUT2D eigenvalue weighted by molar-refractivity contribution is 7.98. The van der Waals surface area contributed by atoms with Gasteiger partial charge in [-0.2, -0.15) is 0 Å². The summed E-state index contributed by atoms with van der Waals surface area (Å²) in [5, 5.41) is 0.584. The van der Waals surface area contributed by atoms with Crippen LogP contribution in [0.4, 0.5) is 4.39 Å². The fourth-order valence-corrected chi connectivity index (χ4v) is 2.85. The van der Waals surface area contributed by atoms with E-state index in [0.717, 1.165) is 0 Å². The minimum atomic E-state index is -0.514. The second-order valence-electron chi connectivity index (χ2n) is 5.31. The molecule has 3 aromatic rings. The van der Waals surface area contributed by atoms with Crippen LogP contribution in [0, 0.1) is 5.82 Å². The zero-order valence-corrected chi connectivity index (χ0v) is 14.6. The lowest BCUT2D eigenvalue weighted by Gasteiger charge is -2.07. The minimum absolute atomic E-state index is 0.236. The Labute approximate surface area is 154 Å². The van der Waals surface area contributed by atoms with Crippen molar-refractivity contribution in [3.05, 3.63) is 89.4 Å². The van der Waals surface area contributed by atoms with Crippen LogP contribution in [0.3, 0.4) is 0 Å². The van der Waals surface area contributed by atoms with Gasteiger partial charge in [0.25, 0.3) is 0 Å². The fraction of sp³-hybridized carbons (Fsp3) is 0.0500. The van der Waals surface area contributed by atoms with E-state index in [9.17, 15) is 14.0 Å². The van der Waals surface area contributed by atoms with Gasteiger partial charge in [0.15, 0.2) is 5.78 Å². The molecular formula is C20H14FNO3S. The Morgan fingerprint density at radius 3 is 2.19 bits per heavy atom. The molecule has 0 atom stereocenters. The minimum Gasteiger partial charge on any atom is -0.423 e. The number of ketones is 1. The standard InChI is InChI=1S/C20H14FNO3S/c1-26-19-17(3-2-12-22-19)20(24)25-16-10-6-14(7-11-16)18(23)13-4-8-15(21)9-5-13/h2-12H,1H3. The van der Waals surface area contributed by atoms with E-state index in [1.54, 1.807) is 42.6 Å². The van der Waals surface area contributed by atoms with E-state index in [-0.39, 0.29) is 5.78 Å². The zero-order chi connectivity index (χ0) is 18.5. The Balaban J connectivity index is 1.74. The molecule has 26 heavy (non-hydrogen) atoms. The number of rotatable bonds is 5.